The summed E-state index contributed by atoms with van der Waals surface area (Å²) in [6.07, 6.45) is 3.77. The Morgan fingerprint density at radius 3 is 2.61 bits per heavy atom. The summed E-state index contributed by atoms with van der Waals surface area (Å²) in [7, 11) is 0. The molecule has 0 spiro atoms. The van der Waals surface area contributed by atoms with Gasteiger partial charge >= 0.3 is 12.0 Å². The third-order valence-corrected chi connectivity index (χ3v) is 4.67. The SMILES string of the molecule is C[C@H](OC(=O)c1cc(=O)c2ccccc2o1)C(=O)NC(=O)NC1CCCCC1. The molecule has 8 nitrogen and oxygen atoms in total. The number of imide groups is 1. The Labute approximate surface area is 161 Å². The lowest BCUT2D eigenvalue weighted by atomic mass is 9.96. The summed E-state index contributed by atoms with van der Waals surface area (Å²) in [5.41, 5.74) is -0.149. The highest BCUT2D eigenvalue weighted by Gasteiger charge is 2.24. The van der Waals surface area contributed by atoms with E-state index in [0.29, 0.717) is 5.39 Å². The van der Waals surface area contributed by atoms with Crippen molar-refractivity contribution < 1.29 is 23.5 Å². The molecule has 1 aromatic heterocycles. The topological polar surface area (TPSA) is 115 Å². The zero-order valence-electron chi connectivity index (χ0n) is 15.5. The number of hydrogen-bond acceptors (Lipinski definition) is 6. The first kappa shape index (κ1) is 19.6. The summed E-state index contributed by atoms with van der Waals surface area (Å²) in [6.45, 7) is 1.33. The summed E-state index contributed by atoms with van der Waals surface area (Å²) >= 11 is 0. The predicted octanol–water partition coefficient (Wildman–Crippen LogP) is 2.50. The number of esters is 1. The van der Waals surface area contributed by atoms with Crippen LogP contribution in [0, 0.1) is 0 Å². The Kier molecular flexibility index (Phi) is 6.08. The number of hydrogen-bond donors (Lipinski definition) is 2. The van der Waals surface area contributed by atoms with Crippen LogP contribution >= 0.6 is 0 Å². The summed E-state index contributed by atoms with van der Waals surface area (Å²) < 4.78 is 10.4. The highest BCUT2D eigenvalue weighted by Crippen LogP contribution is 2.17. The molecule has 148 valence electrons. The van der Waals surface area contributed by atoms with Gasteiger partial charge in [0.1, 0.15) is 5.58 Å². The van der Waals surface area contributed by atoms with E-state index >= 15 is 0 Å². The Bertz CT molecular complexity index is 945. The molecule has 0 bridgehead atoms. The number of ether oxygens (including phenoxy) is 1. The quantitative estimate of drug-likeness (QED) is 0.780. The Morgan fingerprint density at radius 1 is 1.14 bits per heavy atom. The van der Waals surface area contributed by atoms with E-state index in [1.54, 1.807) is 24.3 Å². The van der Waals surface area contributed by atoms with Gasteiger partial charge in [-0.25, -0.2) is 9.59 Å². The first-order valence-corrected chi connectivity index (χ1v) is 9.29. The molecule has 0 unspecified atom stereocenters. The fraction of sp³-hybridized carbons (Fsp3) is 0.400. The van der Waals surface area contributed by atoms with Crippen LogP contribution in [0.5, 0.6) is 0 Å². The largest absolute Gasteiger partial charge is 0.449 e. The molecule has 1 aliphatic rings. The van der Waals surface area contributed by atoms with Crippen molar-refractivity contribution in [3.05, 3.63) is 46.3 Å². The number of benzene rings is 1. The van der Waals surface area contributed by atoms with Crippen molar-refractivity contribution in [2.24, 2.45) is 0 Å². The van der Waals surface area contributed by atoms with Gasteiger partial charge in [0, 0.05) is 12.1 Å². The molecule has 1 aliphatic carbocycles. The van der Waals surface area contributed by atoms with Crippen LogP contribution in [0.15, 0.2) is 39.5 Å². The molecule has 1 atom stereocenters. The van der Waals surface area contributed by atoms with Crippen molar-refractivity contribution in [3.63, 3.8) is 0 Å². The lowest BCUT2D eigenvalue weighted by Gasteiger charge is -2.23. The molecule has 1 aromatic carbocycles. The van der Waals surface area contributed by atoms with Crippen LogP contribution in [-0.2, 0) is 9.53 Å². The van der Waals surface area contributed by atoms with Gasteiger partial charge in [0.25, 0.3) is 5.91 Å². The molecule has 1 saturated carbocycles. The average molecular weight is 386 g/mol. The highest BCUT2D eigenvalue weighted by molar-refractivity contribution is 5.98. The Balaban J connectivity index is 1.58. The lowest BCUT2D eigenvalue weighted by molar-refractivity contribution is -0.128. The minimum atomic E-state index is -1.23. The number of fused-ring (bicyclic) bond motifs is 1. The molecule has 8 heteroatoms. The van der Waals surface area contributed by atoms with E-state index in [9.17, 15) is 19.2 Å². The Morgan fingerprint density at radius 2 is 1.86 bits per heavy atom. The lowest BCUT2D eigenvalue weighted by Crippen LogP contribution is -2.48. The normalized spacial score (nSPS) is 15.6. The smallest absolute Gasteiger partial charge is 0.375 e. The molecule has 28 heavy (non-hydrogen) atoms. The first-order chi connectivity index (χ1) is 13.4. The number of amides is 3. The maximum atomic E-state index is 12.2. The third-order valence-electron chi connectivity index (χ3n) is 4.67. The summed E-state index contributed by atoms with van der Waals surface area (Å²) in [5.74, 6) is -2.03. The van der Waals surface area contributed by atoms with Gasteiger partial charge in [-0.05, 0) is 31.9 Å². The van der Waals surface area contributed by atoms with E-state index in [-0.39, 0.29) is 17.4 Å². The van der Waals surface area contributed by atoms with Gasteiger partial charge in [0.2, 0.25) is 5.76 Å². The number of carbonyl (C=O) groups is 3. The number of urea groups is 1. The van der Waals surface area contributed by atoms with Crippen LogP contribution in [0.25, 0.3) is 11.0 Å². The first-order valence-electron chi connectivity index (χ1n) is 9.29. The summed E-state index contributed by atoms with van der Waals surface area (Å²) in [6, 6.07) is 6.94. The van der Waals surface area contributed by atoms with Crippen molar-refractivity contribution >= 4 is 28.9 Å². The third kappa shape index (κ3) is 4.76. The van der Waals surface area contributed by atoms with Gasteiger partial charge < -0.3 is 14.5 Å². The number of rotatable bonds is 4. The maximum Gasteiger partial charge on any atom is 0.375 e. The summed E-state index contributed by atoms with van der Waals surface area (Å²) in [4.78, 5) is 48.3. The fourth-order valence-electron chi connectivity index (χ4n) is 3.16. The number of nitrogens with one attached hydrogen (secondary N) is 2. The van der Waals surface area contributed by atoms with Crippen LogP contribution < -0.4 is 16.1 Å². The predicted molar refractivity (Wildman–Crippen MR) is 101 cm³/mol. The van der Waals surface area contributed by atoms with E-state index in [1.165, 1.54) is 6.92 Å². The second-order valence-corrected chi connectivity index (χ2v) is 6.82. The van der Waals surface area contributed by atoms with E-state index in [4.69, 9.17) is 9.15 Å². The van der Waals surface area contributed by atoms with Crippen LogP contribution in [-0.4, -0.2) is 30.1 Å². The van der Waals surface area contributed by atoms with Gasteiger partial charge in [-0.1, -0.05) is 31.4 Å². The van der Waals surface area contributed by atoms with Crippen LogP contribution in [0.4, 0.5) is 4.79 Å². The van der Waals surface area contributed by atoms with E-state index in [1.807, 2.05) is 0 Å². The van der Waals surface area contributed by atoms with Crippen molar-refractivity contribution in [2.45, 2.75) is 51.2 Å². The van der Waals surface area contributed by atoms with Gasteiger partial charge in [0.15, 0.2) is 11.5 Å². The number of para-hydroxylation sites is 1. The molecular formula is C20H22N2O6. The average Bonchev–Trinajstić information content (AvgIpc) is 2.68. The molecule has 2 aromatic rings. The maximum absolute atomic E-state index is 12.2. The van der Waals surface area contributed by atoms with E-state index < -0.39 is 29.4 Å². The molecule has 0 radical (unpaired) electrons. The standard InChI is InChI=1S/C20H22N2O6/c1-12(18(24)22-20(26)21-13-7-3-2-4-8-13)27-19(25)17-11-15(23)14-9-5-6-10-16(14)28-17/h5-6,9-13H,2-4,7-8H2,1H3,(H2,21,22,24,26)/t12-/m0/s1. The van der Waals surface area contributed by atoms with Gasteiger partial charge in [-0.15, -0.1) is 0 Å². The molecule has 0 saturated heterocycles. The second-order valence-electron chi connectivity index (χ2n) is 6.82. The van der Waals surface area contributed by atoms with Crippen molar-refractivity contribution in [1.29, 1.82) is 0 Å². The zero-order valence-corrected chi connectivity index (χ0v) is 15.5. The zero-order chi connectivity index (χ0) is 20.1. The van der Waals surface area contributed by atoms with Gasteiger partial charge in [-0.3, -0.25) is 14.9 Å². The van der Waals surface area contributed by atoms with Crippen LogP contribution in [0.3, 0.4) is 0 Å². The second kappa shape index (κ2) is 8.69. The molecule has 3 amide bonds. The highest BCUT2D eigenvalue weighted by atomic mass is 16.6. The van der Waals surface area contributed by atoms with E-state index in [2.05, 4.69) is 10.6 Å². The van der Waals surface area contributed by atoms with E-state index in [0.717, 1.165) is 38.2 Å². The molecule has 3 rings (SSSR count). The molecule has 0 aliphatic heterocycles. The Hall–Kier alpha value is -3.16. The molecule has 2 N–H and O–H groups in total. The molecule has 1 fully saturated rings. The minimum Gasteiger partial charge on any atom is -0.449 e. The molecule has 1 heterocycles. The van der Waals surface area contributed by atoms with Gasteiger partial charge in [-0.2, -0.15) is 0 Å². The molecular weight excluding hydrogens is 364 g/mol. The van der Waals surface area contributed by atoms with Crippen LogP contribution in [0.1, 0.15) is 49.6 Å². The van der Waals surface area contributed by atoms with Crippen molar-refractivity contribution in [3.8, 4) is 0 Å². The summed E-state index contributed by atoms with van der Waals surface area (Å²) in [5, 5.41) is 5.25. The fourth-order valence-corrected chi connectivity index (χ4v) is 3.16. The van der Waals surface area contributed by atoms with Crippen LogP contribution in [0.2, 0.25) is 0 Å². The van der Waals surface area contributed by atoms with Crippen molar-refractivity contribution in [1.82, 2.24) is 10.6 Å². The number of carbonyl (C=O) groups excluding carboxylic acids is 3. The van der Waals surface area contributed by atoms with Gasteiger partial charge in [0.05, 0.1) is 5.39 Å². The minimum absolute atomic E-state index is 0.0475. The van der Waals surface area contributed by atoms with Crippen molar-refractivity contribution in [2.75, 3.05) is 0 Å². The monoisotopic (exact) mass is 386 g/mol.